The van der Waals surface area contributed by atoms with Crippen molar-refractivity contribution in [2.75, 3.05) is 26.2 Å². The van der Waals surface area contributed by atoms with Crippen LogP contribution in [-0.4, -0.2) is 54.0 Å². The number of rotatable bonds is 3. The van der Waals surface area contributed by atoms with Gasteiger partial charge >= 0.3 is 0 Å². The second-order valence-corrected chi connectivity index (χ2v) is 8.42. The van der Waals surface area contributed by atoms with E-state index in [4.69, 9.17) is 4.74 Å². The van der Waals surface area contributed by atoms with Crippen molar-refractivity contribution >= 4 is 11.8 Å². The lowest BCUT2D eigenvalue weighted by Gasteiger charge is -2.48. The zero-order valence-electron chi connectivity index (χ0n) is 16.1. The van der Waals surface area contributed by atoms with Gasteiger partial charge in [-0.15, -0.1) is 0 Å². The molecule has 3 saturated heterocycles. The summed E-state index contributed by atoms with van der Waals surface area (Å²) in [6.45, 7) is 3.82. The normalized spacial score (nSPS) is 25.6. The molecule has 0 bridgehead atoms. The first-order valence-electron chi connectivity index (χ1n) is 10.4. The predicted octanol–water partition coefficient (Wildman–Crippen LogP) is 2.99. The topological polar surface area (TPSA) is 49.9 Å². The van der Waals surface area contributed by atoms with Gasteiger partial charge in [0.25, 0.3) is 5.91 Å². The highest BCUT2D eigenvalue weighted by molar-refractivity contribution is 5.81. The molecule has 27 heavy (non-hydrogen) atoms. The molecular weight excluding hydrogens is 340 g/mol. The Morgan fingerprint density at radius 1 is 1.11 bits per heavy atom. The largest absolute Gasteiger partial charge is 0.368 e. The Labute approximate surface area is 161 Å². The van der Waals surface area contributed by atoms with E-state index in [0.29, 0.717) is 19.6 Å². The summed E-state index contributed by atoms with van der Waals surface area (Å²) in [5, 5.41) is 0. The molecule has 146 valence electrons. The van der Waals surface area contributed by atoms with Crippen LogP contribution in [-0.2, 0) is 20.9 Å². The summed E-state index contributed by atoms with van der Waals surface area (Å²) in [6.07, 6.45) is 6.36. The molecule has 5 nitrogen and oxygen atoms in total. The predicted molar refractivity (Wildman–Crippen MR) is 103 cm³/mol. The number of ether oxygens (including phenoxy) is 1. The summed E-state index contributed by atoms with van der Waals surface area (Å²) in [7, 11) is 0. The average Bonchev–Trinajstić information content (AvgIpc) is 2.72. The molecule has 5 heteroatoms. The minimum atomic E-state index is -0.227. The van der Waals surface area contributed by atoms with E-state index in [1.807, 2.05) is 28.0 Å². The third-order valence-electron chi connectivity index (χ3n) is 6.56. The molecular formula is C22H30N2O3. The SMILES string of the molecule is O=C1CCC2(CCN(C(=O)[C@@H]3CCCCO3)CC2)CN1Cc1ccccc1. The second kappa shape index (κ2) is 8.01. The Kier molecular flexibility index (Phi) is 5.48. The number of hydrogen-bond donors (Lipinski definition) is 0. The first-order chi connectivity index (χ1) is 13.2. The van der Waals surface area contributed by atoms with E-state index < -0.39 is 0 Å². The Bertz CT molecular complexity index is 661. The highest BCUT2D eigenvalue weighted by atomic mass is 16.5. The van der Waals surface area contributed by atoms with Crippen molar-refractivity contribution in [3.05, 3.63) is 35.9 Å². The van der Waals surface area contributed by atoms with E-state index in [9.17, 15) is 9.59 Å². The molecule has 1 aromatic carbocycles. The van der Waals surface area contributed by atoms with Gasteiger partial charge in [0, 0.05) is 39.2 Å². The third kappa shape index (κ3) is 4.18. The number of benzene rings is 1. The van der Waals surface area contributed by atoms with Crippen LogP contribution in [0.4, 0.5) is 0 Å². The minimum Gasteiger partial charge on any atom is -0.368 e. The van der Waals surface area contributed by atoms with E-state index in [1.54, 1.807) is 0 Å². The highest BCUT2D eigenvalue weighted by Gasteiger charge is 2.42. The number of amides is 2. The van der Waals surface area contributed by atoms with E-state index >= 15 is 0 Å². The molecule has 3 aliphatic rings. The van der Waals surface area contributed by atoms with E-state index in [2.05, 4.69) is 12.1 Å². The number of carbonyl (C=O) groups is 2. The molecule has 0 aliphatic carbocycles. The van der Waals surface area contributed by atoms with E-state index in [-0.39, 0.29) is 23.3 Å². The van der Waals surface area contributed by atoms with Crippen molar-refractivity contribution in [3.63, 3.8) is 0 Å². The van der Waals surface area contributed by atoms with Gasteiger partial charge in [0.1, 0.15) is 6.10 Å². The first kappa shape index (κ1) is 18.5. The molecule has 2 amide bonds. The van der Waals surface area contributed by atoms with Crippen LogP contribution >= 0.6 is 0 Å². The zero-order valence-corrected chi connectivity index (χ0v) is 16.1. The molecule has 3 aliphatic heterocycles. The fourth-order valence-electron chi connectivity index (χ4n) is 4.80. The minimum absolute atomic E-state index is 0.174. The summed E-state index contributed by atoms with van der Waals surface area (Å²) < 4.78 is 5.68. The van der Waals surface area contributed by atoms with Gasteiger partial charge in [0.15, 0.2) is 0 Å². The maximum absolute atomic E-state index is 12.7. The van der Waals surface area contributed by atoms with Crippen LogP contribution in [0, 0.1) is 5.41 Å². The Hall–Kier alpha value is -1.88. The van der Waals surface area contributed by atoms with Gasteiger partial charge in [0.05, 0.1) is 0 Å². The molecule has 0 N–H and O–H groups in total. The van der Waals surface area contributed by atoms with Crippen molar-refractivity contribution < 1.29 is 14.3 Å². The van der Waals surface area contributed by atoms with Crippen LogP contribution in [0.5, 0.6) is 0 Å². The van der Waals surface area contributed by atoms with Crippen LogP contribution in [0.1, 0.15) is 50.5 Å². The lowest BCUT2D eigenvalue weighted by Crippen LogP contribution is -2.53. The van der Waals surface area contributed by atoms with Gasteiger partial charge in [-0.1, -0.05) is 30.3 Å². The number of piperidine rings is 2. The van der Waals surface area contributed by atoms with Gasteiger partial charge in [-0.25, -0.2) is 0 Å². The molecule has 0 radical (unpaired) electrons. The smallest absolute Gasteiger partial charge is 0.251 e. The summed E-state index contributed by atoms with van der Waals surface area (Å²) >= 11 is 0. The van der Waals surface area contributed by atoms with Crippen molar-refractivity contribution in [3.8, 4) is 0 Å². The number of hydrogen-bond acceptors (Lipinski definition) is 3. The molecule has 1 spiro atoms. The number of carbonyl (C=O) groups excluding carboxylic acids is 2. The van der Waals surface area contributed by atoms with E-state index in [0.717, 1.165) is 58.2 Å². The van der Waals surface area contributed by atoms with Crippen molar-refractivity contribution in [1.82, 2.24) is 9.80 Å². The Morgan fingerprint density at radius 3 is 2.59 bits per heavy atom. The summed E-state index contributed by atoms with van der Waals surface area (Å²) in [5.74, 6) is 0.441. The number of likely N-dealkylation sites (tertiary alicyclic amines) is 2. The van der Waals surface area contributed by atoms with Gasteiger partial charge in [-0.3, -0.25) is 9.59 Å². The van der Waals surface area contributed by atoms with Crippen LogP contribution in [0.2, 0.25) is 0 Å². The quantitative estimate of drug-likeness (QED) is 0.822. The fraction of sp³-hybridized carbons (Fsp3) is 0.636. The van der Waals surface area contributed by atoms with Gasteiger partial charge in [-0.05, 0) is 49.5 Å². The number of nitrogens with zero attached hydrogens (tertiary/aromatic N) is 2. The molecule has 4 rings (SSSR count). The van der Waals surface area contributed by atoms with E-state index in [1.165, 1.54) is 5.56 Å². The van der Waals surface area contributed by atoms with Crippen LogP contribution in [0.3, 0.4) is 0 Å². The van der Waals surface area contributed by atoms with Crippen molar-refractivity contribution in [2.45, 2.75) is 57.6 Å². The van der Waals surface area contributed by atoms with Gasteiger partial charge in [0.2, 0.25) is 5.91 Å². The van der Waals surface area contributed by atoms with Crippen LogP contribution in [0.25, 0.3) is 0 Å². The monoisotopic (exact) mass is 370 g/mol. The molecule has 0 unspecified atom stereocenters. The van der Waals surface area contributed by atoms with Crippen molar-refractivity contribution in [1.29, 1.82) is 0 Å². The Balaban J connectivity index is 1.35. The fourth-order valence-corrected chi connectivity index (χ4v) is 4.80. The summed E-state index contributed by atoms with van der Waals surface area (Å²) in [5.41, 5.74) is 1.36. The maximum atomic E-state index is 12.7. The molecule has 0 saturated carbocycles. The van der Waals surface area contributed by atoms with Crippen molar-refractivity contribution in [2.24, 2.45) is 5.41 Å². The Morgan fingerprint density at radius 2 is 1.89 bits per heavy atom. The standard InChI is InChI=1S/C22H30N2O3/c25-20-9-10-22(17-24(20)16-18-6-2-1-3-7-18)11-13-23(14-12-22)21(26)19-8-4-5-15-27-19/h1-3,6-7,19H,4-5,8-17H2/t19-/m0/s1. The van der Waals surface area contributed by atoms with Crippen LogP contribution < -0.4 is 0 Å². The molecule has 3 fully saturated rings. The molecule has 1 atom stereocenters. The third-order valence-corrected chi connectivity index (χ3v) is 6.56. The maximum Gasteiger partial charge on any atom is 0.251 e. The zero-order chi connectivity index (χ0) is 18.7. The summed E-state index contributed by atoms with van der Waals surface area (Å²) in [4.78, 5) is 29.2. The lowest BCUT2D eigenvalue weighted by atomic mass is 9.72. The van der Waals surface area contributed by atoms with Crippen LogP contribution in [0.15, 0.2) is 30.3 Å². The molecule has 3 heterocycles. The second-order valence-electron chi connectivity index (χ2n) is 8.42. The average molecular weight is 370 g/mol. The highest BCUT2D eigenvalue weighted by Crippen LogP contribution is 2.41. The van der Waals surface area contributed by atoms with Gasteiger partial charge < -0.3 is 14.5 Å². The lowest BCUT2D eigenvalue weighted by molar-refractivity contribution is -0.151. The summed E-state index contributed by atoms with van der Waals surface area (Å²) in [6, 6.07) is 10.2. The molecule has 1 aromatic rings. The first-order valence-corrected chi connectivity index (χ1v) is 10.4. The molecule has 0 aromatic heterocycles. The van der Waals surface area contributed by atoms with Gasteiger partial charge in [-0.2, -0.15) is 0 Å².